The second-order valence-electron chi connectivity index (χ2n) is 5.64. The van der Waals surface area contributed by atoms with Crippen LogP contribution in [0.1, 0.15) is 5.56 Å². The predicted molar refractivity (Wildman–Crippen MR) is 96.9 cm³/mol. The lowest BCUT2D eigenvalue weighted by molar-refractivity contribution is -0.113. The number of hydrogen-bond acceptors (Lipinski definition) is 4. The molecule has 0 atom stereocenters. The Labute approximate surface area is 153 Å². The summed E-state index contributed by atoms with van der Waals surface area (Å²) in [7, 11) is 1.82. The van der Waals surface area contributed by atoms with Crippen molar-refractivity contribution in [2.24, 2.45) is 7.05 Å². The number of nitrogens with one attached hydrogen (secondary N) is 1. The second kappa shape index (κ2) is 7.65. The van der Waals surface area contributed by atoms with Crippen molar-refractivity contribution in [2.45, 2.75) is 12.1 Å². The number of hydrogen-bond donors (Lipinski definition) is 1. The van der Waals surface area contributed by atoms with E-state index in [-0.39, 0.29) is 11.4 Å². The molecule has 134 valence electrons. The molecule has 8 heteroatoms. The molecular weight excluding hydrogens is 358 g/mol. The molecule has 0 saturated heterocycles. The van der Waals surface area contributed by atoms with E-state index in [4.69, 9.17) is 0 Å². The summed E-state index contributed by atoms with van der Waals surface area (Å²) in [6, 6.07) is 10.8. The van der Waals surface area contributed by atoms with Crippen LogP contribution in [-0.2, 0) is 11.8 Å². The van der Waals surface area contributed by atoms with Crippen molar-refractivity contribution in [3.05, 3.63) is 59.7 Å². The van der Waals surface area contributed by atoms with Crippen LogP contribution in [-0.4, -0.2) is 26.4 Å². The van der Waals surface area contributed by atoms with E-state index >= 15 is 0 Å². The molecule has 0 unspecified atom stereocenters. The highest BCUT2D eigenvalue weighted by Crippen LogP contribution is 2.25. The highest BCUT2D eigenvalue weighted by atomic mass is 32.2. The van der Waals surface area contributed by atoms with Crippen molar-refractivity contribution in [2.75, 3.05) is 11.1 Å². The number of rotatable bonds is 5. The third-order valence-corrected chi connectivity index (χ3v) is 4.78. The molecule has 0 aliphatic carbocycles. The highest BCUT2D eigenvalue weighted by molar-refractivity contribution is 7.99. The zero-order valence-corrected chi connectivity index (χ0v) is 15.0. The highest BCUT2D eigenvalue weighted by Gasteiger charge is 2.15. The molecular formula is C18H16F2N4OS. The van der Waals surface area contributed by atoms with Crippen molar-refractivity contribution >= 4 is 23.4 Å². The van der Waals surface area contributed by atoms with Crippen LogP contribution >= 0.6 is 11.8 Å². The van der Waals surface area contributed by atoms with E-state index in [0.29, 0.717) is 11.0 Å². The van der Waals surface area contributed by atoms with Crippen LogP contribution in [0.2, 0.25) is 0 Å². The van der Waals surface area contributed by atoms with Gasteiger partial charge in [0.2, 0.25) is 5.91 Å². The third kappa shape index (κ3) is 3.91. The fraction of sp³-hybridized carbons (Fsp3) is 0.167. The topological polar surface area (TPSA) is 59.8 Å². The number of nitrogens with zero attached hydrogens (tertiary/aromatic N) is 3. The Kier molecular flexibility index (Phi) is 5.32. The number of carbonyl (C=O) groups excluding carboxylic acids is 1. The normalized spacial score (nSPS) is 10.8. The first kappa shape index (κ1) is 18.1. The van der Waals surface area contributed by atoms with Gasteiger partial charge in [0.15, 0.2) is 11.0 Å². The van der Waals surface area contributed by atoms with Crippen LogP contribution in [0.3, 0.4) is 0 Å². The monoisotopic (exact) mass is 374 g/mol. The maximum absolute atomic E-state index is 13.6. The fourth-order valence-electron chi connectivity index (χ4n) is 2.41. The summed E-state index contributed by atoms with van der Waals surface area (Å²) in [5.74, 6) is -1.20. The Hall–Kier alpha value is -2.74. The summed E-state index contributed by atoms with van der Waals surface area (Å²) in [4.78, 5) is 12.0. The van der Waals surface area contributed by atoms with Gasteiger partial charge in [-0.2, -0.15) is 0 Å². The van der Waals surface area contributed by atoms with Crippen LogP contribution in [0.15, 0.2) is 47.6 Å². The number of amides is 1. The maximum atomic E-state index is 13.6. The van der Waals surface area contributed by atoms with Gasteiger partial charge >= 0.3 is 0 Å². The Morgan fingerprint density at radius 1 is 1.19 bits per heavy atom. The van der Waals surface area contributed by atoms with Crippen molar-refractivity contribution in [3.63, 3.8) is 0 Å². The number of anilines is 1. The largest absolute Gasteiger partial charge is 0.323 e. The number of carbonyl (C=O) groups is 1. The first-order valence-corrected chi connectivity index (χ1v) is 8.77. The lowest BCUT2D eigenvalue weighted by atomic mass is 10.1. The lowest BCUT2D eigenvalue weighted by Crippen LogP contribution is -2.15. The quantitative estimate of drug-likeness (QED) is 0.690. The smallest absolute Gasteiger partial charge is 0.234 e. The van der Waals surface area contributed by atoms with E-state index < -0.39 is 17.5 Å². The third-order valence-electron chi connectivity index (χ3n) is 3.76. The molecule has 0 bridgehead atoms. The summed E-state index contributed by atoms with van der Waals surface area (Å²) in [5, 5.41) is 11.3. The molecule has 0 saturated carbocycles. The molecule has 0 aliphatic rings. The lowest BCUT2D eigenvalue weighted by Gasteiger charge is -2.07. The van der Waals surface area contributed by atoms with Crippen molar-refractivity contribution in [1.82, 2.24) is 14.8 Å². The molecule has 2 aromatic carbocycles. The van der Waals surface area contributed by atoms with Gasteiger partial charge in [0.25, 0.3) is 0 Å². The molecule has 0 radical (unpaired) electrons. The van der Waals surface area contributed by atoms with Gasteiger partial charge in [-0.05, 0) is 24.6 Å². The van der Waals surface area contributed by atoms with Gasteiger partial charge in [-0.3, -0.25) is 4.79 Å². The van der Waals surface area contributed by atoms with Gasteiger partial charge in [-0.15, -0.1) is 10.2 Å². The minimum Gasteiger partial charge on any atom is -0.323 e. The molecule has 1 N–H and O–H groups in total. The second-order valence-corrected chi connectivity index (χ2v) is 6.58. The zero-order chi connectivity index (χ0) is 18.7. The fourth-order valence-corrected chi connectivity index (χ4v) is 3.12. The van der Waals surface area contributed by atoms with Crippen LogP contribution in [0.25, 0.3) is 11.4 Å². The number of aromatic nitrogens is 3. The van der Waals surface area contributed by atoms with E-state index in [1.165, 1.54) is 17.8 Å². The van der Waals surface area contributed by atoms with Crippen LogP contribution in [0.5, 0.6) is 0 Å². The van der Waals surface area contributed by atoms with E-state index in [0.717, 1.165) is 23.3 Å². The first-order chi connectivity index (χ1) is 12.5. The van der Waals surface area contributed by atoms with E-state index in [1.807, 2.05) is 38.2 Å². The molecule has 3 rings (SSSR count). The van der Waals surface area contributed by atoms with Crippen LogP contribution < -0.4 is 5.32 Å². The Bertz CT molecular complexity index is 958. The van der Waals surface area contributed by atoms with Crippen LogP contribution in [0, 0.1) is 18.6 Å². The minimum atomic E-state index is -0.816. The van der Waals surface area contributed by atoms with Gasteiger partial charge in [-0.25, -0.2) is 8.78 Å². The molecule has 0 fully saturated rings. The first-order valence-electron chi connectivity index (χ1n) is 7.79. The number of aryl methyl sites for hydroxylation is 1. The Morgan fingerprint density at radius 2 is 1.96 bits per heavy atom. The van der Waals surface area contributed by atoms with Gasteiger partial charge in [0.1, 0.15) is 11.6 Å². The van der Waals surface area contributed by atoms with Crippen molar-refractivity contribution < 1.29 is 13.6 Å². The zero-order valence-electron chi connectivity index (χ0n) is 14.2. The molecule has 3 aromatic rings. The predicted octanol–water partition coefficient (Wildman–Crippen LogP) is 3.80. The van der Waals surface area contributed by atoms with Gasteiger partial charge in [0.05, 0.1) is 11.4 Å². The van der Waals surface area contributed by atoms with Crippen molar-refractivity contribution in [1.29, 1.82) is 0 Å². The summed E-state index contributed by atoms with van der Waals surface area (Å²) < 4.78 is 28.3. The molecule has 1 amide bonds. The summed E-state index contributed by atoms with van der Waals surface area (Å²) in [6.07, 6.45) is 0. The molecule has 0 aliphatic heterocycles. The van der Waals surface area contributed by atoms with Gasteiger partial charge in [-0.1, -0.05) is 36.0 Å². The maximum Gasteiger partial charge on any atom is 0.234 e. The summed E-state index contributed by atoms with van der Waals surface area (Å²) in [6.45, 7) is 1.99. The number of thioether (sulfide) groups is 1. The average molecular weight is 374 g/mol. The van der Waals surface area contributed by atoms with E-state index in [2.05, 4.69) is 15.5 Å². The summed E-state index contributed by atoms with van der Waals surface area (Å²) >= 11 is 1.19. The summed E-state index contributed by atoms with van der Waals surface area (Å²) in [5.41, 5.74) is 1.98. The van der Waals surface area contributed by atoms with E-state index in [1.54, 1.807) is 4.57 Å². The Balaban J connectivity index is 1.67. The number of halogens is 2. The SMILES string of the molecule is Cc1ccccc1-c1nnc(SCC(=O)Nc2ccc(F)cc2F)n1C. The standard InChI is InChI=1S/C18H16F2N4OS/c1-11-5-3-4-6-13(11)17-22-23-18(24(17)2)26-10-16(25)21-15-8-7-12(19)9-14(15)20/h3-9H,10H2,1-2H3,(H,21,25). The molecule has 1 aromatic heterocycles. The molecule has 0 spiro atoms. The van der Waals surface area contributed by atoms with Gasteiger partial charge in [0, 0.05) is 18.7 Å². The molecule has 5 nitrogen and oxygen atoms in total. The van der Waals surface area contributed by atoms with Crippen molar-refractivity contribution in [3.8, 4) is 11.4 Å². The Morgan fingerprint density at radius 3 is 2.69 bits per heavy atom. The molecule has 26 heavy (non-hydrogen) atoms. The van der Waals surface area contributed by atoms with E-state index in [9.17, 15) is 13.6 Å². The average Bonchev–Trinajstić information content (AvgIpc) is 2.97. The number of benzene rings is 2. The van der Waals surface area contributed by atoms with Gasteiger partial charge < -0.3 is 9.88 Å². The van der Waals surface area contributed by atoms with Crippen LogP contribution in [0.4, 0.5) is 14.5 Å². The molecule has 1 heterocycles. The minimum absolute atomic E-state index is 0.0244.